The molecule has 0 fully saturated rings. The maximum absolute atomic E-state index is 2.27. The number of rotatable bonds is 0. The molecule has 0 aliphatic rings. The number of hydrogen-bond acceptors (Lipinski definition) is 0. The van der Waals surface area contributed by atoms with Crippen molar-refractivity contribution in [3.05, 3.63) is 0 Å². The van der Waals surface area contributed by atoms with Crippen LogP contribution in [0.2, 0.25) is 39.3 Å². The Kier molecular flexibility index (Phi) is 21.9. The molecule has 0 aromatic heterocycles. The van der Waals surface area contributed by atoms with E-state index in [-0.39, 0.29) is 38.7 Å². The van der Waals surface area contributed by atoms with Gasteiger partial charge in [-0.1, -0.05) is 39.3 Å². The monoisotopic (exact) mass is 330 g/mol. The van der Waals surface area contributed by atoms with Crippen molar-refractivity contribution in [3.8, 4) is 0 Å². The molecule has 0 bridgehead atoms. The Balaban J connectivity index is -0.0000000720. The van der Waals surface area contributed by atoms with Crippen molar-refractivity contribution < 1.29 is 21.1 Å². The summed E-state index contributed by atoms with van der Waals surface area (Å²) in [5, 5.41) is 0. The molecule has 0 heterocycles. The summed E-state index contributed by atoms with van der Waals surface area (Å²) in [7, 11) is 0.241. The first-order valence-corrected chi connectivity index (χ1v) is 9.00. The van der Waals surface area contributed by atoms with E-state index in [1.165, 1.54) is 0 Å². The van der Waals surface area contributed by atoms with E-state index < -0.39 is 0 Å². The summed E-state index contributed by atoms with van der Waals surface area (Å²) in [6, 6.07) is 0. The third-order valence-corrected chi connectivity index (χ3v) is 0. The van der Waals surface area contributed by atoms with Crippen LogP contribution >= 0.6 is 0 Å². The van der Waals surface area contributed by atoms with Crippen LogP contribution in [-0.4, -0.2) is 17.6 Å². The van der Waals surface area contributed by atoms with E-state index in [0.29, 0.717) is 0 Å². The smallest absolute Gasteiger partial charge is 0.0379 e. The summed E-state index contributed by atoms with van der Waals surface area (Å²) in [6.07, 6.45) is 0. The molecular formula is C6H18Si2W. The molecule has 0 nitrogen and oxygen atoms in total. The first-order valence-electron chi connectivity index (χ1n) is 3.00. The molecule has 3 heteroatoms. The predicted octanol–water partition coefficient (Wildman–Crippen LogP) is 2.74. The molecule has 0 rings (SSSR count). The van der Waals surface area contributed by atoms with Gasteiger partial charge in [0.2, 0.25) is 0 Å². The Labute approximate surface area is 77.9 Å². The maximum Gasteiger partial charge on any atom is 0.0379 e. The molecular weight excluding hydrogens is 312 g/mol. The van der Waals surface area contributed by atoms with E-state index >= 15 is 0 Å². The zero-order valence-electron chi connectivity index (χ0n) is 7.41. The zero-order chi connectivity index (χ0) is 7.15. The second-order valence-electron chi connectivity index (χ2n) is 3.00. The van der Waals surface area contributed by atoms with Crippen molar-refractivity contribution >= 4 is 17.6 Å². The Morgan fingerprint density at radius 3 is 0.556 bits per heavy atom. The van der Waals surface area contributed by atoms with Gasteiger partial charge in [0.15, 0.2) is 0 Å². The van der Waals surface area contributed by atoms with E-state index in [0.717, 1.165) is 0 Å². The summed E-state index contributed by atoms with van der Waals surface area (Å²) in [5.74, 6) is 0. The summed E-state index contributed by atoms with van der Waals surface area (Å²) in [6.45, 7) is 13.6. The van der Waals surface area contributed by atoms with Crippen LogP contribution in [0.15, 0.2) is 0 Å². The van der Waals surface area contributed by atoms with Gasteiger partial charge < -0.3 is 0 Å². The van der Waals surface area contributed by atoms with Crippen LogP contribution in [0.3, 0.4) is 0 Å². The minimum Gasteiger partial charge on any atom is -0.0715 e. The minimum absolute atomic E-state index is 0. The quantitative estimate of drug-likeness (QED) is 0.599. The molecule has 0 spiro atoms. The Morgan fingerprint density at radius 2 is 0.556 bits per heavy atom. The van der Waals surface area contributed by atoms with Crippen molar-refractivity contribution in [2.75, 3.05) is 0 Å². The van der Waals surface area contributed by atoms with Crippen molar-refractivity contribution in [3.63, 3.8) is 0 Å². The summed E-state index contributed by atoms with van der Waals surface area (Å²) in [4.78, 5) is 0. The minimum atomic E-state index is 0. The van der Waals surface area contributed by atoms with E-state index in [1.54, 1.807) is 0 Å². The van der Waals surface area contributed by atoms with E-state index in [2.05, 4.69) is 39.3 Å². The molecule has 0 amide bonds. The van der Waals surface area contributed by atoms with Crippen LogP contribution in [0, 0.1) is 0 Å². The van der Waals surface area contributed by atoms with Crippen LogP contribution in [0.25, 0.3) is 0 Å². The van der Waals surface area contributed by atoms with Gasteiger partial charge in [0.25, 0.3) is 0 Å². The third-order valence-electron chi connectivity index (χ3n) is 0. The second-order valence-corrected chi connectivity index (χ2v) is 9.00. The summed E-state index contributed by atoms with van der Waals surface area (Å²) in [5.41, 5.74) is 0. The van der Waals surface area contributed by atoms with Crippen LogP contribution < -0.4 is 0 Å². The summed E-state index contributed by atoms with van der Waals surface area (Å²) >= 11 is 0. The average molecular weight is 330 g/mol. The predicted molar refractivity (Wildman–Crippen MR) is 46.7 cm³/mol. The molecule has 0 N–H and O–H groups in total. The van der Waals surface area contributed by atoms with Crippen LogP contribution in [0.4, 0.5) is 0 Å². The molecule has 0 aliphatic heterocycles. The van der Waals surface area contributed by atoms with Crippen LogP contribution in [0.5, 0.6) is 0 Å². The average Bonchev–Trinajstić information content (AvgIpc) is 1.25. The topological polar surface area (TPSA) is 0 Å². The van der Waals surface area contributed by atoms with Gasteiger partial charge in [0.1, 0.15) is 0 Å². The van der Waals surface area contributed by atoms with Gasteiger partial charge in [0.05, 0.1) is 0 Å². The molecule has 0 aromatic rings. The normalized spacial score (nSPS) is 8.00. The Bertz CT molecular complexity index is 26.5. The van der Waals surface area contributed by atoms with E-state index in [1.807, 2.05) is 0 Å². The Hall–Kier alpha value is 1.12. The molecule has 9 heavy (non-hydrogen) atoms. The van der Waals surface area contributed by atoms with Gasteiger partial charge in [0, 0.05) is 38.7 Å². The second kappa shape index (κ2) is 11.9. The fourth-order valence-corrected chi connectivity index (χ4v) is 0. The molecule has 0 unspecified atom stereocenters. The summed E-state index contributed by atoms with van der Waals surface area (Å²) < 4.78 is 0. The Morgan fingerprint density at radius 1 is 0.556 bits per heavy atom. The van der Waals surface area contributed by atoms with Crippen LogP contribution in [-0.2, 0) is 21.1 Å². The molecule has 56 valence electrons. The van der Waals surface area contributed by atoms with Crippen LogP contribution in [0.1, 0.15) is 0 Å². The molecule has 0 saturated carbocycles. The largest absolute Gasteiger partial charge is 0.0715 e. The molecule has 0 saturated heterocycles. The SMILES string of the molecule is C[Si](C)C.C[Si](C)C.[W]. The molecule has 0 aromatic carbocycles. The van der Waals surface area contributed by atoms with Crippen molar-refractivity contribution in [1.82, 2.24) is 0 Å². The van der Waals surface area contributed by atoms with Gasteiger partial charge in [-0.2, -0.15) is 0 Å². The molecule has 0 aliphatic carbocycles. The fraction of sp³-hybridized carbons (Fsp3) is 1.00. The molecule has 0 atom stereocenters. The molecule has 2 radical (unpaired) electrons. The van der Waals surface area contributed by atoms with Gasteiger partial charge in [-0.15, -0.1) is 0 Å². The van der Waals surface area contributed by atoms with E-state index in [9.17, 15) is 0 Å². The number of hydrogen-bond donors (Lipinski definition) is 0. The van der Waals surface area contributed by atoms with Crippen molar-refractivity contribution in [2.45, 2.75) is 39.3 Å². The zero-order valence-corrected chi connectivity index (χ0v) is 12.3. The van der Waals surface area contributed by atoms with Gasteiger partial charge in [-0.3, -0.25) is 0 Å². The first-order chi connectivity index (χ1) is 3.46. The van der Waals surface area contributed by atoms with Gasteiger partial charge in [-0.25, -0.2) is 0 Å². The third kappa shape index (κ3) is 368. The van der Waals surface area contributed by atoms with Crippen molar-refractivity contribution in [1.29, 1.82) is 0 Å². The standard InChI is InChI=1S/2C3H9Si.W/c2*1-4(2)3;/h2*1-3H3;. The van der Waals surface area contributed by atoms with Crippen molar-refractivity contribution in [2.24, 2.45) is 0 Å². The van der Waals surface area contributed by atoms with Gasteiger partial charge >= 0.3 is 0 Å². The van der Waals surface area contributed by atoms with E-state index in [4.69, 9.17) is 0 Å². The maximum atomic E-state index is 2.27. The van der Waals surface area contributed by atoms with Gasteiger partial charge in [-0.05, 0) is 0 Å². The first kappa shape index (κ1) is 16.6. The fourth-order valence-electron chi connectivity index (χ4n) is 0.